The predicted octanol–water partition coefficient (Wildman–Crippen LogP) is 4.77. The summed E-state index contributed by atoms with van der Waals surface area (Å²) in [6.45, 7) is 7.87. The predicted molar refractivity (Wildman–Crippen MR) is 160 cm³/mol. The molecule has 0 saturated carbocycles. The van der Waals surface area contributed by atoms with Crippen LogP contribution in [0.1, 0.15) is 71.1 Å². The first kappa shape index (κ1) is 29.1. The van der Waals surface area contributed by atoms with E-state index in [0.29, 0.717) is 30.5 Å². The number of likely N-dealkylation sites (tertiary alicyclic amines) is 1. The van der Waals surface area contributed by atoms with Crippen LogP contribution in [-0.4, -0.2) is 85.5 Å². The Morgan fingerprint density at radius 2 is 1.70 bits per heavy atom. The zero-order valence-corrected chi connectivity index (χ0v) is 24.8. The molecule has 1 aromatic carbocycles. The van der Waals surface area contributed by atoms with Gasteiger partial charge in [0.25, 0.3) is 0 Å². The van der Waals surface area contributed by atoms with E-state index in [4.69, 9.17) is 9.72 Å². The van der Waals surface area contributed by atoms with Crippen LogP contribution in [0.5, 0.6) is 5.75 Å². The van der Waals surface area contributed by atoms with Crippen LogP contribution in [0.15, 0.2) is 41.4 Å². The lowest BCUT2D eigenvalue weighted by Crippen LogP contribution is -2.54. The second-order valence-electron chi connectivity index (χ2n) is 11.5. The van der Waals surface area contributed by atoms with E-state index in [1.807, 2.05) is 12.3 Å². The Bertz CT molecular complexity index is 1170. The number of nitrogens with one attached hydrogen (secondary N) is 1. The van der Waals surface area contributed by atoms with Crippen LogP contribution >= 0.6 is 0 Å². The average Bonchev–Trinajstić information content (AvgIpc) is 3.28. The highest BCUT2D eigenvalue weighted by Gasteiger charge is 2.34. The average molecular weight is 571 g/mol. The van der Waals surface area contributed by atoms with Gasteiger partial charge < -0.3 is 15.0 Å². The highest BCUT2D eigenvalue weighted by molar-refractivity contribution is 7.89. The first-order valence-electron chi connectivity index (χ1n) is 15.3. The van der Waals surface area contributed by atoms with Gasteiger partial charge in [-0.3, -0.25) is 4.90 Å². The van der Waals surface area contributed by atoms with Crippen LogP contribution in [0.2, 0.25) is 0 Å². The number of ether oxygens (including phenoxy) is 1. The van der Waals surface area contributed by atoms with Gasteiger partial charge in [0.1, 0.15) is 11.6 Å². The number of piperidine rings is 2. The summed E-state index contributed by atoms with van der Waals surface area (Å²) in [6.07, 6.45) is 13.0. The number of benzene rings is 1. The van der Waals surface area contributed by atoms with Gasteiger partial charge in [-0.2, -0.15) is 9.29 Å². The van der Waals surface area contributed by atoms with Crippen LogP contribution in [0.4, 0.5) is 11.8 Å². The molecular weight excluding hydrogens is 524 g/mol. The molecule has 0 spiro atoms. The Balaban J connectivity index is 1.18. The molecule has 0 radical (unpaired) electrons. The van der Waals surface area contributed by atoms with Gasteiger partial charge in [0, 0.05) is 51.0 Å². The number of rotatable bonds is 10. The first-order valence-corrected chi connectivity index (χ1v) is 16.8. The normalized spacial score (nSPS) is 23.5. The molecule has 0 bridgehead atoms. The highest BCUT2D eigenvalue weighted by Crippen LogP contribution is 2.27. The summed E-state index contributed by atoms with van der Waals surface area (Å²) in [6, 6.07) is 9.40. The van der Waals surface area contributed by atoms with Gasteiger partial charge in [0.15, 0.2) is 0 Å². The molecule has 3 aliphatic heterocycles. The fourth-order valence-electron chi connectivity index (χ4n) is 6.16. The zero-order valence-electron chi connectivity index (χ0n) is 24.0. The summed E-state index contributed by atoms with van der Waals surface area (Å²) < 4.78 is 34.4. The van der Waals surface area contributed by atoms with E-state index in [1.54, 1.807) is 28.6 Å². The third-order valence-electron chi connectivity index (χ3n) is 8.46. The van der Waals surface area contributed by atoms with Crippen molar-refractivity contribution in [1.29, 1.82) is 0 Å². The van der Waals surface area contributed by atoms with Gasteiger partial charge in [-0.1, -0.05) is 26.2 Å². The Morgan fingerprint density at radius 1 is 0.925 bits per heavy atom. The Morgan fingerprint density at radius 3 is 2.48 bits per heavy atom. The quantitative estimate of drug-likeness (QED) is 0.409. The largest absolute Gasteiger partial charge is 0.494 e. The van der Waals surface area contributed by atoms with Crippen molar-refractivity contribution in [2.45, 2.75) is 88.1 Å². The number of unbranched alkanes of at least 4 members (excludes halogenated alkanes) is 1. The van der Waals surface area contributed by atoms with E-state index < -0.39 is 10.0 Å². The Kier molecular flexibility index (Phi) is 10.1. The summed E-state index contributed by atoms with van der Waals surface area (Å²) in [5, 5.41) is 3.60. The minimum atomic E-state index is -3.54. The van der Waals surface area contributed by atoms with E-state index in [0.717, 1.165) is 76.3 Å². The molecule has 3 saturated heterocycles. The third-order valence-corrected chi connectivity index (χ3v) is 10.3. The molecule has 3 fully saturated rings. The summed E-state index contributed by atoms with van der Waals surface area (Å²) >= 11 is 0. The van der Waals surface area contributed by atoms with Gasteiger partial charge in [0.05, 0.1) is 11.5 Å². The maximum absolute atomic E-state index is 13.5. The standard InChI is InChI=1S/C30H46N6O3S/c1-2-3-22-39-27-12-14-28(15-13-27)40(37,38)36-21-9-11-26(24-36)35-20-8-10-25(23-35)32-30-31-17-16-29(33-30)34-18-6-4-5-7-19-34/h12-17,25-26H,2-11,18-24H2,1H3,(H,31,32,33). The Labute approximate surface area is 240 Å². The van der Waals surface area contributed by atoms with Crippen LogP contribution in [0.3, 0.4) is 0 Å². The molecule has 1 aromatic heterocycles. The molecule has 0 aliphatic carbocycles. The number of nitrogens with zero attached hydrogens (tertiary/aromatic N) is 5. The van der Waals surface area contributed by atoms with E-state index in [-0.39, 0.29) is 12.1 Å². The lowest BCUT2D eigenvalue weighted by molar-refractivity contribution is 0.108. The Hall–Kier alpha value is -2.43. The first-order chi connectivity index (χ1) is 19.5. The second kappa shape index (κ2) is 14.0. The molecule has 5 rings (SSSR count). The van der Waals surface area contributed by atoms with Crippen molar-refractivity contribution < 1.29 is 13.2 Å². The molecule has 1 N–H and O–H groups in total. The van der Waals surface area contributed by atoms with Gasteiger partial charge in [-0.25, -0.2) is 13.4 Å². The van der Waals surface area contributed by atoms with E-state index >= 15 is 0 Å². The van der Waals surface area contributed by atoms with Gasteiger partial charge >= 0.3 is 0 Å². The maximum Gasteiger partial charge on any atom is 0.243 e. The summed E-state index contributed by atoms with van der Waals surface area (Å²) in [5.74, 6) is 2.43. The van der Waals surface area contributed by atoms with Crippen molar-refractivity contribution in [3.8, 4) is 5.75 Å². The second-order valence-corrected chi connectivity index (χ2v) is 13.4. The van der Waals surface area contributed by atoms with Crippen LogP contribution in [0.25, 0.3) is 0 Å². The van der Waals surface area contributed by atoms with Crippen molar-refractivity contribution in [2.75, 3.05) is 56.1 Å². The van der Waals surface area contributed by atoms with E-state index in [9.17, 15) is 8.42 Å². The molecule has 220 valence electrons. The number of hydrogen-bond donors (Lipinski definition) is 1. The van der Waals surface area contributed by atoms with Crippen LogP contribution < -0.4 is 15.0 Å². The van der Waals surface area contributed by atoms with Gasteiger partial charge in [0.2, 0.25) is 16.0 Å². The topological polar surface area (TPSA) is 90.9 Å². The molecule has 0 amide bonds. The van der Waals surface area contributed by atoms with Crippen molar-refractivity contribution in [1.82, 2.24) is 19.2 Å². The monoisotopic (exact) mass is 570 g/mol. The zero-order chi connectivity index (χ0) is 27.8. The number of anilines is 2. The van der Waals surface area contributed by atoms with Crippen molar-refractivity contribution in [3.05, 3.63) is 36.5 Å². The molecule has 2 atom stereocenters. The van der Waals surface area contributed by atoms with Gasteiger partial charge in [-0.15, -0.1) is 0 Å². The van der Waals surface area contributed by atoms with Gasteiger partial charge in [-0.05, 0) is 81.8 Å². The molecule has 10 heteroatoms. The lowest BCUT2D eigenvalue weighted by Gasteiger charge is -2.42. The highest BCUT2D eigenvalue weighted by atomic mass is 32.2. The fraction of sp³-hybridized carbons (Fsp3) is 0.667. The molecule has 2 unspecified atom stereocenters. The minimum absolute atomic E-state index is 0.217. The van der Waals surface area contributed by atoms with Crippen molar-refractivity contribution >= 4 is 21.8 Å². The fourth-order valence-corrected chi connectivity index (χ4v) is 7.68. The molecule has 4 heterocycles. The molecule has 3 aliphatic rings. The molecule has 9 nitrogen and oxygen atoms in total. The van der Waals surface area contributed by atoms with Crippen LogP contribution in [-0.2, 0) is 10.0 Å². The smallest absolute Gasteiger partial charge is 0.243 e. The summed E-state index contributed by atoms with van der Waals surface area (Å²) in [5.41, 5.74) is 0. The van der Waals surface area contributed by atoms with E-state index in [1.165, 1.54) is 25.7 Å². The summed E-state index contributed by atoms with van der Waals surface area (Å²) in [7, 11) is -3.54. The molecular formula is C30H46N6O3S. The maximum atomic E-state index is 13.5. The number of hydrogen-bond acceptors (Lipinski definition) is 8. The SMILES string of the molecule is CCCCOc1ccc(S(=O)(=O)N2CCCC(N3CCCC(Nc4nccc(N5CCCCCC5)n4)C3)C2)cc1. The molecule has 40 heavy (non-hydrogen) atoms. The third kappa shape index (κ3) is 7.44. The lowest BCUT2D eigenvalue weighted by atomic mass is 9.99. The van der Waals surface area contributed by atoms with E-state index in [2.05, 4.69) is 27.0 Å². The number of sulfonamides is 1. The minimum Gasteiger partial charge on any atom is -0.494 e. The molecule has 2 aromatic rings. The summed E-state index contributed by atoms with van der Waals surface area (Å²) in [4.78, 5) is 14.6. The van der Waals surface area contributed by atoms with Crippen LogP contribution in [0, 0.1) is 0 Å². The van der Waals surface area contributed by atoms with Crippen molar-refractivity contribution in [3.63, 3.8) is 0 Å². The van der Waals surface area contributed by atoms with Crippen molar-refractivity contribution in [2.24, 2.45) is 0 Å². The number of aromatic nitrogens is 2.